The highest BCUT2D eigenvalue weighted by Crippen LogP contribution is 2.20. The second-order valence-corrected chi connectivity index (χ2v) is 5.68. The van der Waals surface area contributed by atoms with E-state index in [9.17, 15) is 14.4 Å². The molecule has 7 nitrogen and oxygen atoms in total. The third kappa shape index (κ3) is 5.44. The van der Waals surface area contributed by atoms with Gasteiger partial charge in [-0.3, -0.25) is 4.79 Å². The predicted octanol–water partition coefficient (Wildman–Crippen LogP) is 3.36. The van der Waals surface area contributed by atoms with Crippen molar-refractivity contribution in [3.8, 4) is 0 Å². The average molecular weight is 397 g/mol. The van der Waals surface area contributed by atoms with E-state index in [0.29, 0.717) is 11.3 Å². The maximum atomic E-state index is 11.9. The highest BCUT2D eigenvalue weighted by atomic mass is 35.5. The molecule has 0 saturated heterocycles. The molecule has 0 bridgehead atoms. The third-order valence-corrected chi connectivity index (χ3v) is 3.73. The molecule has 1 N–H and O–H groups in total. The van der Waals surface area contributed by atoms with Gasteiger partial charge in [-0.05, 0) is 37.3 Å². The number of anilines is 1. The average Bonchev–Trinajstić information content (AvgIpc) is 2.62. The smallest absolute Gasteiger partial charge is 0.340 e. The Morgan fingerprint density at radius 3 is 2.31 bits per heavy atom. The van der Waals surface area contributed by atoms with E-state index < -0.39 is 24.5 Å². The first-order chi connectivity index (χ1) is 12.4. The molecule has 9 heteroatoms. The van der Waals surface area contributed by atoms with Crippen molar-refractivity contribution < 1.29 is 23.9 Å². The van der Waals surface area contributed by atoms with Gasteiger partial charge in [0.1, 0.15) is 5.15 Å². The molecular formula is C17H14Cl2N2O5. The van der Waals surface area contributed by atoms with Gasteiger partial charge in [-0.1, -0.05) is 23.2 Å². The lowest BCUT2D eigenvalue weighted by molar-refractivity contribution is -0.119. The monoisotopic (exact) mass is 396 g/mol. The zero-order valence-corrected chi connectivity index (χ0v) is 15.1. The first kappa shape index (κ1) is 19.7. The lowest BCUT2D eigenvalue weighted by Gasteiger charge is -2.08. The second kappa shape index (κ2) is 9.17. The quantitative estimate of drug-likeness (QED) is 0.594. The topological polar surface area (TPSA) is 94.6 Å². The fourth-order valence-corrected chi connectivity index (χ4v) is 2.12. The molecule has 0 aliphatic carbocycles. The summed E-state index contributed by atoms with van der Waals surface area (Å²) in [7, 11) is 0. The number of pyridine rings is 1. The van der Waals surface area contributed by atoms with Gasteiger partial charge in [-0.15, -0.1) is 0 Å². The molecule has 0 radical (unpaired) electrons. The van der Waals surface area contributed by atoms with Crippen LogP contribution in [-0.4, -0.2) is 36.0 Å². The highest BCUT2D eigenvalue weighted by Gasteiger charge is 2.13. The molecule has 0 aliphatic heterocycles. The summed E-state index contributed by atoms with van der Waals surface area (Å²) >= 11 is 11.4. The zero-order valence-electron chi connectivity index (χ0n) is 13.6. The van der Waals surface area contributed by atoms with Crippen LogP contribution < -0.4 is 5.32 Å². The molecule has 136 valence electrons. The van der Waals surface area contributed by atoms with Gasteiger partial charge in [0.15, 0.2) is 6.61 Å². The second-order valence-electron chi connectivity index (χ2n) is 4.92. The van der Waals surface area contributed by atoms with Crippen molar-refractivity contribution in [2.45, 2.75) is 6.92 Å². The number of nitrogens with one attached hydrogen (secondary N) is 1. The number of hydrogen-bond acceptors (Lipinski definition) is 6. The summed E-state index contributed by atoms with van der Waals surface area (Å²) in [6.07, 6.45) is 1.20. The van der Waals surface area contributed by atoms with E-state index in [2.05, 4.69) is 10.3 Å². The van der Waals surface area contributed by atoms with E-state index in [1.165, 1.54) is 36.5 Å². The van der Waals surface area contributed by atoms with Gasteiger partial charge in [0.05, 0.1) is 22.8 Å². The van der Waals surface area contributed by atoms with Crippen LogP contribution >= 0.6 is 23.2 Å². The number of hydrogen-bond donors (Lipinski definition) is 1. The van der Waals surface area contributed by atoms with Crippen LogP contribution in [0.4, 0.5) is 5.69 Å². The molecule has 1 aromatic carbocycles. The Morgan fingerprint density at radius 2 is 1.69 bits per heavy atom. The van der Waals surface area contributed by atoms with Crippen LogP contribution in [0.5, 0.6) is 0 Å². The van der Waals surface area contributed by atoms with Crippen molar-refractivity contribution in [2.75, 3.05) is 18.5 Å². The first-order valence-electron chi connectivity index (χ1n) is 7.46. The number of carbonyl (C=O) groups is 3. The van der Waals surface area contributed by atoms with Crippen molar-refractivity contribution in [1.82, 2.24) is 4.98 Å². The summed E-state index contributed by atoms with van der Waals surface area (Å²) in [6, 6.07) is 7.40. The predicted molar refractivity (Wildman–Crippen MR) is 95.6 cm³/mol. The van der Waals surface area contributed by atoms with Gasteiger partial charge in [0, 0.05) is 11.9 Å². The zero-order chi connectivity index (χ0) is 19.1. The van der Waals surface area contributed by atoms with Gasteiger partial charge in [-0.25, -0.2) is 14.6 Å². The molecule has 1 aromatic heterocycles. The minimum atomic E-state index is -0.760. The van der Waals surface area contributed by atoms with Crippen LogP contribution in [0, 0.1) is 0 Å². The molecule has 0 fully saturated rings. The number of esters is 2. The summed E-state index contributed by atoms with van der Waals surface area (Å²) in [6.45, 7) is 1.48. The normalized spacial score (nSPS) is 10.1. The van der Waals surface area contributed by atoms with Crippen LogP contribution in [0.3, 0.4) is 0 Å². The molecular weight excluding hydrogens is 383 g/mol. The van der Waals surface area contributed by atoms with Crippen LogP contribution in [0.25, 0.3) is 0 Å². The Morgan fingerprint density at radius 1 is 1.04 bits per heavy atom. The standard InChI is InChI=1S/C17H14Cl2N2O5/c1-2-25-16(23)10-3-5-12(6-4-10)21-14(22)9-26-17(24)11-7-13(18)15(19)20-8-11/h3-8H,2,9H2,1H3,(H,21,22). The third-order valence-electron chi connectivity index (χ3n) is 3.05. The van der Waals surface area contributed by atoms with Gasteiger partial charge >= 0.3 is 11.9 Å². The van der Waals surface area contributed by atoms with Crippen LogP contribution in [-0.2, 0) is 14.3 Å². The molecule has 2 rings (SSSR count). The summed E-state index contributed by atoms with van der Waals surface area (Å²) in [5.74, 6) is -1.76. The Hall–Kier alpha value is -2.64. The molecule has 0 saturated carbocycles. The molecule has 2 aromatic rings. The summed E-state index contributed by atoms with van der Waals surface area (Å²) < 4.78 is 9.75. The number of amides is 1. The fraction of sp³-hybridized carbons (Fsp3) is 0.176. The lowest BCUT2D eigenvalue weighted by Crippen LogP contribution is -2.21. The lowest BCUT2D eigenvalue weighted by atomic mass is 10.2. The van der Waals surface area contributed by atoms with E-state index >= 15 is 0 Å². The van der Waals surface area contributed by atoms with Crippen molar-refractivity contribution in [1.29, 1.82) is 0 Å². The summed E-state index contributed by atoms with van der Waals surface area (Å²) in [5, 5.41) is 2.70. The SMILES string of the molecule is CCOC(=O)c1ccc(NC(=O)COC(=O)c2cnc(Cl)c(Cl)c2)cc1. The molecule has 0 unspecified atom stereocenters. The largest absolute Gasteiger partial charge is 0.462 e. The van der Waals surface area contributed by atoms with Crippen molar-refractivity contribution in [3.05, 3.63) is 57.8 Å². The van der Waals surface area contributed by atoms with Crippen LogP contribution in [0.1, 0.15) is 27.6 Å². The maximum Gasteiger partial charge on any atom is 0.340 e. The van der Waals surface area contributed by atoms with Gasteiger partial charge in [-0.2, -0.15) is 0 Å². The van der Waals surface area contributed by atoms with Crippen LogP contribution in [0.2, 0.25) is 10.2 Å². The maximum absolute atomic E-state index is 11.9. The number of halogens is 2. The van der Waals surface area contributed by atoms with E-state index in [0.717, 1.165) is 0 Å². The Bertz CT molecular complexity index is 824. The number of nitrogens with zero attached hydrogens (tertiary/aromatic N) is 1. The minimum Gasteiger partial charge on any atom is -0.462 e. The summed E-state index contributed by atoms with van der Waals surface area (Å²) in [5.41, 5.74) is 0.879. The van der Waals surface area contributed by atoms with E-state index in [1.807, 2.05) is 0 Å². The highest BCUT2D eigenvalue weighted by molar-refractivity contribution is 6.41. The van der Waals surface area contributed by atoms with Gasteiger partial charge in [0.2, 0.25) is 0 Å². The number of benzene rings is 1. The van der Waals surface area contributed by atoms with Crippen molar-refractivity contribution in [3.63, 3.8) is 0 Å². The number of ether oxygens (including phenoxy) is 2. The molecule has 0 spiro atoms. The Kier molecular flexibility index (Phi) is 6.94. The Labute approximate surface area is 159 Å². The van der Waals surface area contributed by atoms with E-state index in [4.69, 9.17) is 32.7 Å². The number of rotatable bonds is 6. The summed E-state index contributed by atoms with van der Waals surface area (Å²) in [4.78, 5) is 39.0. The molecule has 0 atom stereocenters. The number of aromatic nitrogens is 1. The van der Waals surface area contributed by atoms with Crippen molar-refractivity contribution >= 4 is 46.7 Å². The molecule has 1 amide bonds. The van der Waals surface area contributed by atoms with E-state index in [-0.39, 0.29) is 22.3 Å². The molecule has 0 aliphatic rings. The number of carbonyl (C=O) groups excluding carboxylic acids is 3. The molecule has 26 heavy (non-hydrogen) atoms. The minimum absolute atomic E-state index is 0.0622. The fourth-order valence-electron chi connectivity index (χ4n) is 1.85. The van der Waals surface area contributed by atoms with Gasteiger partial charge in [0.25, 0.3) is 5.91 Å². The Balaban J connectivity index is 1.87. The van der Waals surface area contributed by atoms with Crippen molar-refractivity contribution in [2.24, 2.45) is 0 Å². The van der Waals surface area contributed by atoms with E-state index in [1.54, 1.807) is 6.92 Å². The van der Waals surface area contributed by atoms with Gasteiger partial charge < -0.3 is 14.8 Å². The molecule has 1 heterocycles. The first-order valence-corrected chi connectivity index (χ1v) is 8.21. The van der Waals surface area contributed by atoms with Crippen LogP contribution in [0.15, 0.2) is 36.5 Å².